The third-order valence-electron chi connectivity index (χ3n) is 4.31. The molecule has 5 heteroatoms. The first-order valence-corrected chi connectivity index (χ1v) is 7.68. The third kappa shape index (κ3) is 3.25. The molecule has 0 aliphatic carbocycles. The van der Waals surface area contributed by atoms with Crippen LogP contribution in [0.15, 0.2) is 0 Å². The number of methoxy groups -OCH3 is 1. The molecule has 2 aliphatic rings. The molecule has 0 N–H and O–H groups in total. The van der Waals surface area contributed by atoms with E-state index in [4.69, 9.17) is 4.74 Å². The van der Waals surface area contributed by atoms with Crippen LogP contribution >= 0.6 is 15.9 Å². The van der Waals surface area contributed by atoms with Crippen molar-refractivity contribution in [2.45, 2.75) is 30.1 Å². The number of ether oxygens (including phenoxy) is 1. The number of hydrogen-bond donors (Lipinski definition) is 0. The van der Waals surface area contributed by atoms with E-state index in [1.54, 1.807) is 0 Å². The van der Waals surface area contributed by atoms with E-state index in [0.29, 0.717) is 0 Å². The molecule has 104 valence electrons. The van der Waals surface area contributed by atoms with Crippen LogP contribution in [0, 0.1) is 5.92 Å². The Labute approximate surface area is 118 Å². The Kier molecular flexibility index (Phi) is 5.04. The fourth-order valence-electron chi connectivity index (χ4n) is 3.32. The van der Waals surface area contributed by atoms with Crippen molar-refractivity contribution < 1.29 is 9.53 Å². The summed E-state index contributed by atoms with van der Waals surface area (Å²) in [5, 5.41) is 0. The van der Waals surface area contributed by atoms with Crippen LogP contribution in [0.3, 0.4) is 0 Å². The van der Waals surface area contributed by atoms with Crippen LogP contribution in [0.1, 0.15) is 19.3 Å². The highest BCUT2D eigenvalue weighted by Crippen LogP contribution is 2.29. The van der Waals surface area contributed by atoms with Crippen molar-refractivity contribution in [3.8, 4) is 0 Å². The average Bonchev–Trinajstić information content (AvgIpc) is 2.38. The van der Waals surface area contributed by atoms with Crippen LogP contribution in [-0.2, 0) is 9.53 Å². The van der Waals surface area contributed by atoms with Gasteiger partial charge in [-0.1, -0.05) is 15.9 Å². The number of alkyl halides is 1. The number of halogens is 1. The summed E-state index contributed by atoms with van der Waals surface area (Å²) in [6.45, 7) is 4.21. The minimum atomic E-state index is -0.194. The van der Waals surface area contributed by atoms with E-state index in [1.807, 2.05) is 0 Å². The average molecular weight is 319 g/mol. The summed E-state index contributed by atoms with van der Waals surface area (Å²) in [6, 6.07) is 0.752. The molecule has 0 amide bonds. The van der Waals surface area contributed by atoms with Crippen molar-refractivity contribution in [3.05, 3.63) is 0 Å². The molecule has 4 nitrogen and oxygen atoms in total. The molecule has 2 rings (SSSR count). The highest BCUT2D eigenvalue weighted by Gasteiger charge is 2.35. The summed E-state index contributed by atoms with van der Waals surface area (Å²) in [7, 11) is 3.69. The lowest BCUT2D eigenvalue weighted by molar-refractivity contribution is -0.140. The Morgan fingerprint density at radius 1 is 1.44 bits per heavy atom. The molecule has 3 unspecified atom stereocenters. The van der Waals surface area contributed by atoms with Gasteiger partial charge in [-0.15, -0.1) is 0 Å². The first-order chi connectivity index (χ1) is 8.61. The smallest absolute Gasteiger partial charge is 0.320 e. The highest BCUT2D eigenvalue weighted by atomic mass is 79.9. The van der Waals surface area contributed by atoms with Crippen LogP contribution in [0.4, 0.5) is 0 Å². The fourth-order valence-corrected chi connectivity index (χ4v) is 3.92. The van der Waals surface area contributed by atoms with Crippen molar-refractivity contribution in [2.24, 2.45) is 5.92 Å². The Hall–Kier alpha value is -0.130. The van der Waals surface area contributed by atoms with Gasteiger partial charge in [0, 0.05) is 19.1 Å². The summed E-state index contributed by atoms with van der Waals surface area (Å²) >= 11 is 3.41. The maximum absolute atomic E-state index is 11.4. The highest BCUT2D eigenvalue weighted by molar-refractivity contribution is 9.10. The van der Waals surface area contributed by atoms with Gasteiger partial charge >= 0.3 is 5.97 Å². The van der Waals surface area contributed by atoms with E-state index in [0.717, 1.165) is 31.6 Å². The van der Waals surface area contributed by atoms with Gasteiger partial charge in [0.05, 0.1) is 7.11 Å². The molecule has 2 fully saturated rings. The first kappa shape index (κ1) is 14.3. The van der Waals surface area contributed by atoms with Crippen LogP contribution in [-0.4, -0.2) is 67.0 Å². The molecule has 2 aliphatic heterocycles. The van der Waals surface area contributed by atoms with Gasteiger partial charge < -0.3 is 14.5 Å². The molecule has 0 spiro atoms. The minimum absolute atomic E-state index is 0.169. The van der Waals surface area contributed by atoms with Gasteiger partial charge in [0.2, 0.25) is 0 Å². The van der Waals surface area contributed by atoms with E-state index < -0.39 is 0 Å². The quantitative estimate of drug-likeness (QED) is 0.581. The molecule has 0 aromatic carbocycles. The molecule has 2 heterocycles. The lowest BCUT2D eigenvalue weighted by Gasteiger charge is -2.46. The number of esters is 1. The summed E-state index contributed by atoms with van der Waals surface area (Å²) in [6.07, 6.45) is 3.86. The van der Waals surface area contributed by atoms with Gasteiger partial charge in [-0.3, -0.25) is 4.79 Å². The zero-order valence-corrected chi connectivity index (χ0v) is 12.9. The maximum Gasteiger partial charge on any atom is 0.320 e. The molecule has 18 heavy (non-hydrogen) atoms. The lowest BCUT2D eigenvalue weighted by atomic mass is 9.84. The van der Waals surface area contributed by atoms with Gasteiger partial charge in [0.15, 0.2) is 0 Å². The standard InChI is InChI=1S/C13H23BrN2O2/c1-15-6-3-4-10-8-16(7-5-12(10)15)9-11(14)13(17)18-2/h10-12H,3-9H2,1-2H3. The van der Waals surface area contributed by atoms with Crippen molar-refractivity contribution in [1.82, 2.24) is 9.80 Å². The summed E-state index contributed by atoms with van der Waals surface area (Å²) < 4.78 is 4.76. The zero-order chi connectivity index (χ0) is 13.1. The topological polar surface area (TPSA) is 32.8 Å². The second kappa shape index (κ2) is 6.35. The van der Waals surface area contributed by atoms with E-state index in [-0.39, 0.29) is 10.8 Å². The zero-order valence-electron chi connectivity index (χ0n) is 11.3. The van der Waals surface area contributed by atoms with Crippen LogP contribution in [0.25, 0.3) is 0 Å². The fraction of sp³-hybridized carbons (Fsp3) is 0.923. The van der Waals surface area contributed by atoms with Crippen molar-refractivity contribution >= 4 is 21.9 Å². The number of rotatable bonds is 3. The Balaban J connectivity index is 1.85. The summed E-state index contributed by atoms with van der Waals surface area (Å²) in [4.78, 5) is 16.1. The van der Waals surface area contributed by atoms with Crippen molar-refractivity contribution in [1.29, 1.82) is 0 Å². The van der Waals surface area contributed by atoms with E-state index in [2.05, 4.69) is 32.8 Å². The van der Waals surface area contributed by atoms with E-state index in [1.165, 1.54) is 32.9 Å². The van der Waals surface area contributed by atoms with Crippen molar-refractivity contribution in [2.75, 3.05) is 40.3 Å². The molecule has 0 bridgehead atoms. The van der Waals surface area contributed by atoms with Crippen LogP contribution in [0.5, 0.6) is 0 Å². The largest absolute Gasteiger partial charge is 0.468 e. The molecule has 0 saturated carbocycles. The number of nitrogens with zero attached hydrogens (tertiary/aromatic N) is 2. The van der Waals surface area contributed by atoms with Gasteiger partial charge in [0.25, 0.3) is 0 Å². The first-order valence-electron chi connectivity index (χ1n) is 6.76. The summed E-state index contributed by atoms with van der Waals surface area (Å²) in [5.74, 6) is 0.604. The van der Waals surface area contributed by atoms with Crippen LogP contribution < -0.4 is 0 Å². The van der Waals surface area contributed by atoms with E-state index >= 15 is 0 Å². The number of likely N-dealkylation sites (tertiary alicyclic amines) is 2. The second-order valence-electron chi connectivity index (χ2n) is 5.49. The Bertz CT molecular complexity index is 301. The number of fused-ring (bicyclic) bond motifs is 1. The second-order valence-corrected chi connectivity index (χ2v) is 6.59. The third-order valence-corrected chi connectivity index (χ3v) is 4.97. The molecule has 0 radical (unpaired) electrons. The minimum Gasteiger partial charge on any atom is -0.468 e. The van der Waals surface area contributed by atoms with Gasteiger partial charge in [-0.25, -0.2) is 0 Å². The maximum atomic E-state index is 11.4. The Morgan fingerprint density at radius 2 is 2.22 bits per heavy atom. The van der Waals surface area contributed by atoms with E-state index in [9.17, 15) is 4.79 Å². The predicted octanol–water partition coefficient (Wildman–Crippen LogP) is 1.34. The van der Waals surface area contributed by atoms with Crippen LogP contribution in [0.2, 0.25) is 0 Å². The van der Waals surface area contributed by atoms with Gasteiger partial charge in [-0.2, -0.15) is 0 Å². The molecule has 2 saturated heterocycles. The normalized spacial score (nSPS) is 31.7. The number of carbonyl (C=O) groups excluding carboxylic acids is 1. The SMILES string of the molecule is COC(=O)C(Br)CN1CCC2C(CCCN2C)C1. The van der Waals surface area contributed by atoms with Gasteiger partial charge in [0.1, 0.15) is 4.83 Å². The number of piperidine rings is 2. The Morgan fingerprint density at radius 3 is 2.94 bits per heavy atom. The van der Waals surface area contributed by atoms with Crippen molar-refractivity contribution in [3.63, 3.8) is 0 Å². The molecular formula is C13H23BrN2O2. The molecule has 0 aromatic heterocycles. The predicted molar refractivity (Wildman–Crippen MR) is 74.9 cm³/mol. The molecule has 0 aromatic rings. The molecular weight excluding hydrogens is 296 g/mol. The monoisotopic (exact) mass is 318 g/mol. The van der Waals surface area contributed by atoms with Gasteiger partial charge in [-0.05, 0) is 45.3 Å². The number of hydrogen-bond acceptors (Lipinski definition) is 4. The molecule has 3 atom stereocenters. The lowest BCUT2D eigenvalue weighted by Crippen LogP contribution is -2.53. The number of carbonyl (C=O) groups is 1. The summed E-state index contributed by atoms with van der Waals surface area (Å²) in [5.41, 5.74) is 0.